The van der Waals surface area contributed by atoms with Gasteiger partial charge in [-0.3, -0.25) is 10.8 Å². The third-order valence-corrected chi connectivity index (χ3v) is 3.22. The van der Waals surface area contributed by atoms with Gasteiger partial charge in [-0.25, -0.2) is 9.82 Å². The zero-order chi connectivity index (χ0) is 13.8. The van der Waals surface area contributed by atoms with Gasteiger partial charge < -0.3 is 4.74 Å². The van der Waals surface area contributed by atoms with Gasteiger partial charge in [0.05, 0.1) is 13.2 Å². The number of rotatable bonds is 4. The fraction of sp³-hybridized carbons (Fsp3) is 0.154. The molecular formula is C13H13BrFN3O. The molecule has 0 spiro atoms. The van der Waals surface area contributed by atoms with Crippen molar-refractivity contribution in [2.45, 2.75) is 6.04 Å². The highest BCUT2D eigenvalue weighted by Crippen LogP contribution is 2.30. The summed E-state index contributed by atoms with van der Waals surface area (Å²) in [7, 11) is 1.53. The van der Waals surface area contributed by atoms with Crippen LogP contribution in [0.4, 0.5) is 4.39 Å². The molecule has 0 aliphatic rings. The first kappa shape index (κ1) is 13.9. The minimum atomic E-state index is -0.589. The first-order valence-corrected chi connectivity index (χ1v) is 6.36. The van der Waals surface area contributed by atoms with Crippen LogP contribution < -0.4 is 16.0 Å². The van der Waals surface area contributed by atoms with Crippen LogP contribution in [0.2, 0.25) is 0 Å². The summed E-state index contributed by atoms with van der Waals surface area (Å²) < 4.78 is 19.9. The molecule has 0 fully saturated rings. The van der Waals surface area contributed by atoms with E-state index in [0.29, 0.717) is 17.0 Å². The highest BCUT2D eigenvalue weighted by molar-refractivity contribution is 9.10. The maximum atomic E-state index is 13.9. The quantitative estimate of drug-likeness (QED) is 0.670. The number of pyridine rings is 1. The van der Waals surface area contributed by atoms with Crippen LogP contribution in [0.3, 0.4) is 0 Å². The zero-order valence-electron chi connectivity index (χ0n) is 10.2. The van der Waals surface area contributed by atoms with Crippen molar-refractivity contribution in [1.29, 1.82) is 0 Å². The second kappa shape index (κ2) is 6.10. The number of methoxy groups -OCH3 is 1. The van der Waals surface area contributed by atoms with Crippen LogP contribution in [0.15, 0.2) is 41.0 Å². The molecule has 0 saturated carbocycles. The number of ether oxygens (including phenoxy) is 1. The van der Waals surface area contributed by atoms with Crippen molar-refractivity contribution in [3.63, 3.8) is 0 Å². The number of nitrogens with zero attached hydrogens (tertiary/aromatic N) is 1. The first-order chi connectivity index (χ1) is 9.17. The average molecular weight is 326 g/mol. The minimum absolute atomic E-state index is 0.362. The van der Waals surface area contributed by atoms with Gasteiger partial charge >= 0.3 is 0 Å². The Kier molecular flexibility index (Phi) is 4.47. The van der Waals surface area contributed by atoms with E-state index in [9.17, 15) is 4.39 Å². The lowest BCUT2D eigenvalue weighted by atomic mass is 10.0. The Morgan fingerprint density at radius 1 is 1.42 bits per heavy atom. The molecule has 3 N–H and O–H groups in total. The van der Waals surface area contributed by atoms with Crippen LogP contribution in [-0.2, 0) is 0 Å². The van der Waals surface area contributed by atoms with E-state index < -0.39 is 6.04 Å². The molecule has 0 radical (unpaired) electrons. The van der Waals surface area contributed by atoms with Crippen molar-refractivity contribution in [1.82, 2.24) is 10.4 Å². The maximum Gasteiger partial charge on any atom is 0.142 e. The summed E-state index contributed by atoms with van der Waals surface area (Å²) in [6.07, 6.45) is 1.61. The molecule has 4 nitrogen and oxygen atoms in total. The van der Waals surface area contributed by atoms with Crippen LogP contribution in [0.1, 0.15) is 17.3 Å². The van der Waals surface area contributed by atoms with E-state index in [0.717, 1.165) is 4.47 Å². The van der Waals surface area contributed by atoms with Crippen molar-refractivity contribution < 1.29 is 9.13 Å². The van der Waals surface area contributed by atoms with Gasteiger partial charge in [0.25, 0.3) is 0 Å². The molecule has 19 heavy (non-hydrogen) atoms. The van der Waals surface area contributed by atoms with Crippen LogP contribution in [0, 0.1) is 5.82 Å². The van der Waals surface area contributed by atoms with E-state index in [-0.39, 0.29) is 5.82 Å². The average Bonchev–Trinajstić information content (AvgIpc) is 2.44. The molecule has 1 unspecified atom stereocenters. The van der Waals surface area contributed by atoms with E-state index in [1.807, 2.05) is 0 Å². The second-order valence-electron chi connectivity index (χ2n) is 3.86. The van der Waals surface area contributed by atoms with Gasteiger partial charge in [0, 0.05) is 16.2 Å². The molecule has 0 aliphatic heterocycles. The Hall–Kier alpha value is -1.50. The molecule has 6 heteroatoms. The van der Waals surface area contributed by atoms with Crippen molar-refractivity contribution in [3.05, 3.63) is 58.1 Å². The summed E-state index contributed by atoms with van der Waals surface area (Å²) in [5.74, 6) is 5.74. The SMILES string of the molecule is COc1cccnc1C(NN)c1cc(Br)ccc1F. The van der Waals surface area contributed by atoms with Crippen molar-refractivity contribution in [2.24, 2.45) is 5.84 Å². The number of halogens is 2. The lowest BCUT2D eigenvalue weighted by Crippen LogP contribution is -2.30. The summed E-state index contributed by atoms with van der Waals surface area (Å²) >= 11 is 3.32. The van der Waals surface area contributed by atoms with Gasteiger partial charge in [0.15, 0.2) is 0 Å². The van der Waals surface area contributed by atoms with E-state index in [1.54, 1.807) is 30.5 Å². The van der Waals surface area contributed by atoms with E-state index in [1.165, 1.54) is 13.2 Å². The normalized spacial score (nSPS) is 12.2. The van der Waals surface area contributed by atoms with E-state index in [4.69, 9.17) is 10.6 Å². The summed E-state index contributed by atoms with van der Waals surface area (Å²) in [5.41, 5.74) is 3.50. The molecular weight excluding hydrogens is 313 g/mol. The number of hydrogen-bond acceptors (Lipinski definition) is 4. The number of nitrogens with two attached hydrogens (primary N) is 1. The van der Waals surface area contributed by atoms with Crippen LogP contribution in [-0.4, -0.2) is 12.1 Å². The fourth-order valence-electron chi connectivity index (χ4n) is 1.84. The Morgan fingerprint density at radius 2 is 2.21 bits per heavy atom. The molecule has 0 bridgehead atoms. The Morgan fingerprint density at radius 3 is 2.89 bits per heavy atom. The number of aromatic nitrogens is 1. The zero-order valence-corrected chi connectivity index (χ0v) is 11.8. The second-order valence-corrected chi connectivity index (χ2v) is 4.77. The number of hydrogen-bond donors (Lipinski definition) is 2. The molecule has 1 aromatic carbocycles. The first-order valence-electron chi connectivity index (χ1n) is 5.57. The molecule has 0 saturated heterocycles. The molecule has 2 aromatic rings. The van der Waals surface area contributed by atoms with Crippen LogP contribution >= 0.6 is 15.9 Å². The predicted molar refractivity (Wildman–Crippen MR) is 74.1 cm³/mol. The predicted octanol–water partition coefficient (Wildman–Crippen LogP) is 2.54. The molecule has 0 amide bonds. The van der Waals surface area contributed by atoms with Gasteiger partial charge in [-0.1, -0.05) is 15.9 Å². The minimum Gasteiger partial charge on any atom is -0.495 e. The number of nitrogens with one attached hydrogen (secondary N) is 1. The molecule has 1 heterocycles. The van der Waals surface area contributed by atoms with Crippen molar-refractivity contribution >= 4 is 15.9 Å². The number of hydrazine groups is 1. The van der Waals surface area contributed by atoms with Crippen LogP contribution in [0.5, 0.6) is 5.75 Å². The summed E-state index contributed by atoms with van der Waals surface area (Å²) in [6, 6.07) is 7.57. The third kappa shape index (κ3) is 2.91. The lowest BCUT2D eigenvalue weighted by Gasteiger charge is -2.19. The summed E-state index contributed by atoms with van der Waals surface area (Å²) in [5, 5.41) is 0. The van der Waals surface area contributed by atoms with Gasteiger partial charge in [0.2, 0.25) is 0 Å². The molecule has 1 atom stereocenters. The molecule has 2 rings (SSSR count). The van der Waals surface area contributed by atoms with Crippen LogP contribution in [0.25, 0.3) is 0 Å². The number of benzene rings is 1. The fourth-order valence-corrected chi connectivity index (χ4v) is 2.22. The topological polar surface area (TPSA) is 60.2 Å². The molecule has 0 aliphatic carbocycles. The largest absolute Gasteiger partial charge is 0.495 e. The lowest BCUT2D eigenvalue weighted by molar-refractivity contribution is 0.399. The van der Waals surface area contributed by atoms with E-state index in [2.05, 4.69) is 26.3 Å². The molecule has 1 aromatic heterocycles. The molecule has 100 valence electrons. The summed E-state index contributed by atoms with van der Waals surface area (Å²) in [6.45, 7) is 0. The van der Waals surface area contributed by atoms with Gasteiger partial charge in [-0.15, -0.1) is 0 Å². The van der Waals surface area contributed by atoms with Crippen molar-refractivity contribution in [2.75, 3.05) is 7.11 Å². The Balaban J connectivity index is 2.53. The van der Waals surface area contributed by atoms with Crippen molar-refractivity contribution in [3.8, 4) is 5.75 Å². The third-order valence-electron chi connectivity index (χ3n) is 2.73. The monoisotopic (exact) mass is 325 g/mol. The highest BCUT2D eigenvalue weighted by atomic mass is 79.9. The smallest absolute Gasteiger partial charge is 0.142 e. The Labute approximate surface area is 118 Å². The standard InChI is InChI=1S/C13H13BrFN3O/c1-19-11-3-2-6-17-13(11)12(18-16)9-7-8(14)4-5-10(9)15/h2-7,12,18H,16H2,1H3. The Bertz CT molecular complexity index is 580. The summed E-state index contributed by atoms with van der Waals surface area (Å²) in [4.78, 5) is 4.22. The van der Waals surface area contributed by atoms with Gasteiger partial charge in [0.1, 0.15) is 17.3 Å². The highest BCUT2D eigenvalue weighted by Gasteiger charge is 2.21. The van der Waals surface area contributed by atoms with E-state index >= 15 is 0 Å². The van der Waals surface area contributed by atoms with Gasteiger partial charge in [-0.05, 0) is 30.3 Å². The van der Waals surface area contributed by atoms with Gasteiger partial charge in [-0.2, -0.15) is 0 Å². The maximum absolute atomic E-state index is 13.9.